The molecule has 1 aromatic carbocycles. The molecule has 1 saturated carbocycles. The molecule has 0 radical (unpaired) electrons. The van der Waals surface area contributed by atoms with Crippen LogP contribution in [-0.4, -0.2) is 15.2 Å². The van der Waals surface area contributed by atoms with Crippen LogP contribution in [0.1, 0.15) is 43.0 Å². The van der Waals surface area contributed by atoms with Crippen LogP contribution in [0.5, 0.6) is 0 Å². The summed E-state index contributed by atoms with van der Waals surface area (Å²) in [6, 6.07) is 4.04. The van der Waals surface area contributed by atoms with Crippen molar-refractivity contribution >= 4 is 15.9 Å². The molecule has 1 heterocycles. The first-order valence-electron chi connectivity index (χ1n) is 6.74. The Morgan fingerprint density at radius 1 is 1.19 bits per heavy atom. The Labute approximate surface area is 128 Å². The highest BCUT2D eigenvalue weighted by atomic mass is 79.9. The van der Waals surface area contributed by atoms with Crippen molar-refractivity contribution in [2.75, 3.05) is 0 Å². The number of nitrogens with one attached hydrogen (secondary N) is 1. The molecule has 0 aliphatic heterocycles. The van der Waals surface area contributed by atoms with E-state index >= 15 is 0 Å². The van der Waals surface area contributed by atoms with Crippen LogP contribution >= 0.6 is 15.9 Å². The van der Waals surface area contributed by atoms with Gasteiger partial charge in [-0.2, -0.15) is 18.3 Å². The number of hydrogen-bond donors (Lipinski definition) is 1. The van der Waals surface area contributed by atoms with Crippen LogP contribution in [0, 0.1) is 0 Å². The standard InChI is InChI=1S/C14H13BrF3N3/c15-11-6-5-9(7-10(11)14(16,17)18)13-19-12(20-21-13)8-3-1-2-4-8/h5-8H,1-4H2,(H,19,20,21). The van der Waals surface area contributed by atoms with E-state index in [9.17, 15) is 13.2 Å². The Morgan fingerprint density at radius 3 is 2.57 bits per heavy atom. The first-order valence-corrected chi connectivity index (χ1v) is 7.54. The van der Waals surface area contributed by atoms with Gasteiger partial charge in [-0.05, 0) is 31.0 Å². The average Bonchev–Trinajstić information content (AvgIpc) is 3.09. The van der Waals surface area contributed by atoms with E-state index in [2.05, 4.69) is 31.1 Å². The second-order valence-electron chi connectivity index (χ2n) is 5.22. The summed E-state index contributed by atoms with van der Waals surface area (Å²) < 4.78 is 38.8. The summed E-state index contributed by atoms with van der Waals surface area (Å²) in [5.74, 6) is 1.44. The Kier molecular flexibility index (Phi) is 3.77. The number of aromatic nitrogens is 3. The van der Waals surface area contributed by atoms with Crippen molar-refractivity contribution < 1.29 is 13.2 Å². The minimum atomic E-state index is -4.40. The van der Waals surface area contributed by atoms with Crippen LogP contribution in [-0.2, 0) is 6.18 Å². The maximum Gasteiger partial charge on any atom is 0.417 e. The number of alkyl halides is 3. The third kappa shape index (κ3) is 2.97. The fourth-order valence-corrected chi connectivity index (χ4v) is 3.14. The van der Waals surface area contributed by atoms with Gasteiger partial charge in [-0.3, -0.25) is 5.10 Å². The Bertz CT molecular complexity index is 645. The maximum atomic E-state index is 12.9. The summed E-state index contributed by atoms with van der Waals surface area (Å²) in [5, 5.41) is 6.93. The van der Waals surface area contributed by atoms with Crippen molar-refractivity contribution in [2.45, 2.75) is 37.8 Å². The molecule has 0 bridgehead atoms. The van der Waals surface area contributed by atoms with Crippen molar-refractivity contribution in [3.63, 3.8) is 0 Å². The van der Waals surface area contributed by atoms with Crippen LogP contribution in [0.25, 0.3) is 11.4 Å². The summed E-state index contributed by atoms with van der Waals surface area (Å²) in [6.45, 7) is 0. The largest absolute Gasteiger partial charge is 0.417 e. The monoisotopic (exact) mass is 359 g/mol. The first kappa shape index (κ1) is 14.6. The zero-order valence-electron chi connectivity index (χ0n) is 11.0. The van der Waals surface area contributed by atoms with Gasteiger partial charge in [0, 0.05) is 16.0 Å². The number of halogens is 4. The van der Waals surface area contributed by atoms with Crippen molar-refractivity contribution in [3.05, 3.63) is 34.1 Å². The van der Waals surface area contributed by atoms with Gasteiger partial charge in [0.1, 0.15) is 5.82 Å². The summed E-state index contributed by atoms with van der Waals surface area (Å²) in [6.07, 6.45) is 0.0411. The average molecular weight is 360 g/mol. The van der Waals surface area contributed by atoms with Crippen LogP contribution in [0.2, 0.25) is 0 Å². The maximum absolute atomic E-state index is 12.9. The Morgan fingerprint density at radius 2 is 1.90 bits per heavy atom. The molecule has 1 aliphatic rings. The molecule has 3 nitrogen and oxygen atoms in total. The Hall–Kier alpha value is -1.37. The highest BCUT2D eigenvalue weighted by Gasteiger charge is 2.33. The number of benzene rings is 1. The number of nitrogens with zero attached hydrogens (tertiary/aromatic N) is 2. The molecule has 7 heteroatoms. The van der Waals surface area contributed by atoms with Crippen molar-refractivity contribution in [2.24, 2.45) is 0 Å². The smallest absolute Gasteiger partial charge is 0.262 e. The summed E-state index contributed by atoms with van der Waals surface area (Å²) in [7, 11) is 0. The van der Waals surface area contributed by atoms with E-state index in [0.717, 1.165) is 37.6 Å². The fraction of sp³-hybridized carbons (Fsp3) is 0.429. The molecule has 1 aromatic heterocycles. The molecule has 3 rings (SSSR count). The fourth-order valence-electron chi connectivity index (χ4n) is 2.67. The van der Waals surface area contributed by atoms with Gasteiger partial charge in [-0.15, -0.1) is 0 Å². The number of aromatic amines is 1. The molecule has 1 aliphatic carbocycles. The van der Waals surface area contributed by atoms with Crippen LogP contribution in [0.4, 0.5) is 13.2 Å². The summed E-state index contributed by atoms with van der Waals surface area (Å²) in [5.41, 5.74) is -0.349. The lowest BCUT2D eigenvalue weighted by atomic mass is 10.1. The predicted octanol–water partition coefficient (Wildman–Crippen LogP) is 4.91. The van der Waals surface area contributed by atoms with Crippen molar-refractivity contribution in [3.8, 4) is 11.4 Å². The number of hydrogen-bond acceptors (Lipinski definition) is 2. The lowest BCUT2D eigenvalue weighted by Crippen LogP contribution is -2.06. The predicted molar refractivity (Wildman–Crippen MR) is 75.7 cm³/mol. The Balaban J connectivity index is 1.93. The molecular weight excluding hydrogens is 347 g/mol. The minimum absolute atomic E-state index is 0.0188. The van der Waals surface area contributed by atoms with E-state index in [-0.39, 0.29) is 4.47 Å². The molecule has 0 atom stereocenters. The van der Waals surface area contributed by atoms with Gasteiger partial charge in [0.2, 0.25) is 0 Å². The lowest BCUT2D eigenvalue weighted by molar-refractivity contribution is -0.138. The lowest BCUT2D eigenvalue weighted by Gasteiger charge is -2.09. The zero-order valence-corrected chi connectivity index (χ0v) is 12.6. The molecule has 0 spiro atoms. The molecule has 112 valence electrons. The zero-order chi connectivity index (χ0) is 15.0. The van der Waals surface area contributed by atoms with Gasteiger partial charge >= 0.3 is 6.18 Å². The van der Waals surface area contributed by atoms with Crippen molar-refractivity contribution in [1.29, 1.82) is 0 Å². The van der Waals surface area contributed by atoms with Crippen LogP contribution in [0.15, 0.2) is 22.7 Å². The van der Waals surface area contributed by atoms with E-state index in [1.165, 1.54) is 6.07 Å². The van der Waals surface area contributed by atoms with Gasteiger partial charge in [-0.25, -0.2) is 4.98 Å². The van der Waals surface area contributed by atoms with E-state index < -0.39 is 11.7 Å². The molecule has 21 heavy (non-hydrogen) atoms. The molecule has 0 amide bonds. The molecule has 1 N–H and O–H groups in total. The molecule has 0 unspecified atom stereocenters. The van der Waals surface area contributed by atoms with Crippen molar-refractivity contribution in [1.82, 2.24) is 15.2 Å². The number of H-pyrrole nitrogens is 1. The van der Waals surface area contributed by atoms with Crippen LogP contribution in [0.3, 0.4) is 0 Å². The quantitative estimate of drug-likeness (QED) is 0.827. The normalized spacial score (nSPS) is 16.6. The first-order chi connectivity index (χ1) is 9.95. The highest BCUT2D eigenvalue weighted by Crippen LogP contribution is 2.37. The highest BCUT2D eigenvalue weighted by molar-refractivity contribution is 9.10. The van der Waals surface area contributed by atoms with E-state index in [4.69, 9.17) is 0 Å². The minimum Gasteiger partial charge on any atom is -0.262 e. The third-order valence-corrected chi connectivity index (χ3v) is 4.47. The van der Waals surface area contributed by atoms with Crippen LogP contribution < -0.4 is 0 Å². The van der Waals surface area contributed by atoms with Gasteiger partial charge in [0.25, 0.3) is 0 Å². The molecule has 0 saturated heterocycles. The second kappa shape index (κ2) is 5.44. The third-order valence-electron chi connectivity index (χ3n) is 3.77. The van der Waals surface area contributed by atoms with E-state index in [1.807, 2.05) is 0 Å². The van der Waals surface area contributed by atoms with Gasteiger partial charge < -0.3 is 0 Å². The summed E-state index contributed by atoms with van der Waals surface area (Å²) >= 11 is 2.93. The summed E-state index contributed by atoms with van der Waals surface area (Å²) in [4.78, 5) is 4.37. The van der Waals surface area contributed by atoms with Gasteiger partial charge in [0.15, 0.2) is 5.82 Å². The van der Waals surface area contributed by atoms with E-state index in [1.54, 1.807) is 6.07 Å². The molecule has 1 fully saturated rings. The second-order valence-corrected chi connectivity index (χ2v) is 6.07. The van der Waals surface area contributed by atoms with E-state index in [0.29, 0.717) is 17.3 Å². The molecular formula is C14H13BrF3N3. The topological polar surface area (TPSA) is 41.6 Å². The SMILES string of the molecule is FC(F)(F)c1cc(-c2n[nH]c(C3CCCC3)n2)ccc1Br. The van der Waals surface area contributed by atoms with Gasteiger partial charge in [0.05, 0.1) is 5.56 Å². The van der Waals surface area contributed by atoms with Gasteiger partial charge in [-0.1, -0.05) is 28.8 Å². The number of rotatable bonds is 2. The molecule has 2 aromatic rings.